The molecule has 0 saturated carbocycles. The third kappa shape index (κ3) is 2.44. The van der Waals surface area contributed by atoms with Crippen molar-refractivity contribution in [2.45, 2.75) is 38.3 Å². The maximum atomic E-state index is 12.8. The van der Waals surface area contributed by atoms with Gasteiger partial charge in [0.1, 0.15) is 0 Å². The van der Waals surface area contributed by atoms with Crippen LogP contribution >= 0.6 is 0 Å². The molecule has 2 fully saturated rings. The van der Waals surface area contributed by atoms with E-state index in [0.717, 1.165) is 43.9 Å². The number of carbonyl (C=O) groups is 1. The van der Waals surface area contributed by atoms with E-state index in [1.165, 1.54) is 0 Å². The molecule has 24 heavy (non-hydrogen) atoms. The molecule has 0 radical (unpaired) electrons. The summed E-state index contributed by atoms with van der Waals surface area (Å²) in [6.45, 7) is 3.79. The van der Waals surface area contributed by atoms with Crippen molar-refractivity contribution in [1.29, 1.82) is 0 Å². The normalized spacial score (nSPS) is 22.9. The predicted octanol–water partition coefficient (Wildman–Crippen LogP) is 1.27. The van der Waals surface area contributed by atoms with E-state index in [9.17, 15) is 4.79 Å². The van der Waals surface area contributed by atoms with E-state index >= 15 is 0 Å². The second kappa shape index (κ2) is 5.89. The van der Waals surface area contributed by atoms with Crippen LogP contribution in [0.25, 0.3) is 0 Å². The molecule has 0 bridgehead atoms. The quantitative estimate of drug-likeness (QED) is 0.850. The second-order valence-corrected chi connectivity index (χ2v) is 6.55. The molecule has 2 aromatic rings. The number of rotatable bonds is 3. The van der Waals surface area contributed by atoms with E-state index < -0.39 is 0 Å². The first-order chi connectivity index (χ1) is 11.7. The number of hydrogen-bond acceptors (Lipinski definition) is 5. The summed E-state index contributed by atoms with van der Waals surface area (Å²) in [4.78, 5) is 26.1. The Morgan fingerprint density at radius 1 is 1.17 bits per heavy atom. The van der Waals surface area contributed by atoms with Gasteiger partial charge in [-0.05, 0) is 24.8 Å². The molecule has 2 saturated heterocycles. The van der Waals surface area contributed by atoms with Gasteiger partial charge in [-0.2, -0.15) is 5.10 Å². The van der Waals surface area contributed by atoms with Crippen molar-refractivity contribution in [3.63, 3.8) is 0 Å². The molecule has 2 aromatic heterocycles. The number of amides is 1. The standard InChI is InChI=1S/C17H22N6O/c1-3-12-8-18-17(19-9-12)23-7-5-14-15(23)4-6-22(14)16(24)13-10-20-21(2)11-13/h8-11,14-15H,3-7H2,1-2H3/t14-,15+/m0/s1. The van der Waals surface area contributed by atoms with Gasteiger partial charge >= 0.3 is 0 Å². The van der Waals surface area contributed by atoms with Crippen LogP contribution in [0.5, 0.6) is 0 Å². The number of hydrogen-bond donors (Lipinski definition) is 0. The maximum Gasteiger partial charge on any atom is 0.257 e. The summed E-state index contributed by atoms with van der Waals surface area (Å²) >= 11 is 0. The molecule has 1 amide bonds. The zero-order valence-corrected chi connectivity index (χ0v) is 14.1. The number of carbonyl (C=O) groups excluding carboxylic acids is 1. The van der Waals surface area contributed by atoms with Gasteiger partial charge in [0.15, 0.2) is 0 Å². The Kier molecular flexibility index (Phi) is 3.70. The molecule has 0 N–H and O–H groups in total. The molecule has 4 rings (SSSR count). The largest absolute Gasteiger partial charge is 0.336 e. The van der Waals surface area contributed by atoms with Crippen molar-refractivity contribution < 1.29 is 4.79 Å². The monoisotopic (exact) mass is 326 g/mol. The first-order valence-electron chi connectivity index (χ1n) is 8.54. The fourth-order valence-corrected chi connectivity index (χ4v) is 3.86. The number of aryl methyl sites for hydroxylation is 2. The van der Waals surface area contributed by atoms with Gasteiger partial charge in [-0.25, -0.2) is 9.97 Å². The number of fused-ring (bicyclic) bond motifs is 1. The Hall–Kier alpha value is -2.44. The Bertz CT molecular complexity index is 740. The first kappa shape index (κ1) is 15.1. The molecular formula is C17H22N6O. The lowest BCUT2D eigenvalue weighted by Gasteiger charge is -2.25. The van der Waals surface area contributed by atoms with Crippen molar-refractivity contribution in [1.82, 2.24) is 24.6 Å². The maximum absolute atomic E-state index is 12.8. The molecule has 0 unspecified atom stereocenters. The summed E-state index contributed by atoms with van der Waals surface area (Å²) in [6.07, 6.45) is 10.1. The number of likely N-dealkylation sites (tertiary alicyclic amines) is 1. The third-order valence-electron chi connectivity index (χ3n) is 5.15. The number of nitrogens with zero attached hydrogens (tertiary/aromatic N) is 6. The molecule has 2 aliphatic heterocycles. The molecule has 0 aliphatic carbocycles. The lowest BCUT2D eigenvalue weighted by atomic mass is 10.1. The van der Waals surface area contributed by atoms with E-state index in [-0.39, 0.29) is 11.9 Å². The number of aromatic nitrogens is 4. The van der Waals surface area contributed by atoms with Crippen LogP contribution in [-0.2, 0) is 13.5 Å². The molecule has 0 spiro atoms. The minimum Gasteiger partial charge on any atom is -0.336 e. The molecule has 2 aliphatic rings. The minimum atomic E-state index is 0.0831. The third-order valence-corrected chi connectivity index (χ3v) is 5.15. The lowest BCUT2D eigenvalue weighted by molar-refractivity contribution is 0.0737. The zero-order valence-electron chi connectivity index (χ0n) is 14.1. The Morgan fingerprint density at radius 2 is 1.92 bits per heavy atom. The molecule has 4 heterocycles. The van der Waals surface area contributed by atoms with E-state index in [0.29, 0.717) is 11.6 Å². The summed E-state index contributed by atoms with van der Waals surface area (Å²) in [5.41, 5.74) is 1.81. The number of anilines is 1. The van der Waals surface area contributed by atoms with Crippen LogP contribution in [0.2, 0.25) is 0 Å². The van der Waals surface area contributed by atoms with Crippen LogP contribution in [0.4, 0.5) is 5.95 Å². The highest BCUT2D eigenvalue weighted by atomic mass is 16.2. The predicted molar refractivity (Wildman–Crippen MR) is 89.8 cm³/mol. The van der Waals surface area contributed by atoms with Crippen LogP contribution in [-0.4, -0.2) is 55.7 Å². The summed E-state index contributed by atoms with van der Waals surface area (Å²) in [6, 6.07) is 0.560. The molecule has 126 valence electrons. The average molecular weight is 326 g/mol. The fourth-order valence-electron chi connectivity index (χ4n) is 3.86. The van der Waals surface area contributed by atoms with Crippen LogP contribution < -0.4 is 4.90 Å². The molecule has 7 heteroatoms. The van der Waals surface area contributed by atoms with E-state index in [1.54, 1.807) is 17.1 Å². The van der Waals surface area contributed by atoms with E-state index in [1.807, 2.05) is 24.3 Å². The van der Waals surface area contributed by atoms with Gasteiger partial charge in [0.25, 0.3) is 5.91 Å². The highest BCUT2D eigenvalue weighted by Gasteiger charge is 2.45. The average Bonchev–Trinajstić information content (AvgIpc) is 3.30. The van der Waals surface area contributed by atoms with Gasteiger partial charge < -0.3 is 9.80 Å². The Morgan fingerprint density at radius 3 is 2.58 bits per heavy atom. The summed E-state index contributed by atoms with van der Waals surface area (Å²) in [5.74, 6) is 0.870. The Labute approximate surface area is 141 Å². The fraction of sp³-hybridized carbons (Fsp3) is 0.529. The summed E-state index contributed by atoms with van der Waals surface area (Å²) in [5, 5.41) is 4.11. The van der Waals surface area contributed by atoms with Crippen molar-refractivity contribution >= 4 is 11.9 Å². The highest BCUT2D eigenvalue weighted by Crippen LogP contribution is 2.34. The lowest BCUT2D eigenvalue weighted by Crippen LogP contribution is -2.40. The van der Waals surface area contributed by atoms with Crippen molar-refractivity contribution in [2.75, 3.05) is 18.0 Å². The minimum absolute atomic E-state index is 0.0831. The van der Waals surface area contributed by atoms with Crippen LogP contribution in [0.15, 0.2) is 24.8 Å². The molecule has 2 atom stereocenters. The SMILES string of the molecule is CCc1cnc(N2CC[C@H]3[C@H]2CCN3C(=O)c2cnn(C)c2)nc1. The van der Waals surface area contributed by atoms with Crippen molar-refractivity contribution in [3.05, 3.63) is 35.9 Å². The Balaban J connectivity index is 1.51. The van der Waals surface area contributed by atoms with Gasteiger partial charge in [0.2, 0.25) is 5.95 Å². The van der Waals surface area contributed by atoms with Gasteiger partial charge in [0, 0.05) is 38.7 Å². The summed E-state index contributed by atoms with van der Waals surface area (Å²) < 4.78 is 1.67. The summed E-state index contributed by atoms with van der Waals surface area (Å²) in [7, 11) is 1.83. The van der Waals surface area contributed by atoms with Gasteiger partial charge in [-0.1, -0.05) is 6.92 Å². The molecule has 7 nitrogen and oxygen atoms in total. The topological polar surface area (TPSA) is 67.2 Å². The van der Waals surface area contributed by atoms with Crippen LogP contribution in [0.1, 0.15) is 35.7 Å². The van der Waals surface area contributed by atoms with Crippen molar-refractivity contribution in [3.8, 4) is 0 Å². The zero-order chi connectivity index (χ0) is 16.7. The molecule has 0 aromatic carbocycles. The molecular weight excluding hydrogens is 304 g/mol. The second-order valence-electron chi connectivity index (χ2n) is 6.55. The van der Waals surface area contributed by atoms with Gasteiger partial charge in [0.05, 0.1) is 23.8 Å². The smallest absolute Gasteiger partial charge is 0.257 e. The van der Waals surface area contributed by atoms with Gasteiger partial charge in [-0.3, -0.25) is 9.48 Å². The van der Waals surface area contributed by atoms with Crippen LogP contribution in [0.3, 0.4) is 0 Å². The van der Waals surface area contributed by atoms with Gasteiger partial charge in [-0.15, -0.1) is 0 Å². The first-order valence-corrected chi connectivity index (χ1v) is 8.54. The van der Waals surface area contributed by atoms with E-state index in [4.69, 9.17) is 0 Å². The van der Waals surface area contributed by atoms with Crippen LogP contribution in [0, 0.1) is 0 Å². The highest BCUT2D eigenvalue weighted by molar-refractivity contribution is 5.94. The van der Waals surface area contributed by atoms with Crippen molar-refractivity contribution in [2.24, 2.45) is 7.05 Å². The van der Waals surface area contributed by atoms with E-state index in [2.05, 4.69) is 26.9 Å².